The number of hydrogen-bond donors (Lipinski definition) is 38. The van der Waals surface area contributed by atoms with E-state index in [1.165, 1.54) is 0 Å². The molecule has 12 aliphatic rings. The van der Waals surface area contributed by atoms with Crippen LogP contribution in [-0.4, -0.2) is 533 Å². The molecule has 9 saturated heterocycles. The highest BCUT2D eigenvalue weighted by atomic mass is 16.8. The molecule has 0 aromatic carbocycles. The lowest BCUT2D eigenvalue weighted by atomic mass is 9.77. The summed E-state index contributed by atoms with van der Waals surface area (Å²) < 4.78 is 109. The van der Waals surface area contributed by atoms with E-state index in [9.17, 15) is 102 Å². The molecule has 0 spiro atoms. The first kappa shape index (κ1) is 126. The van der Waals surface area contributed by atoms with Gasteiger partial charge in [-0.1, -0.05) is 0 Å². The largest absolute Gasteiger partial charge is 0.396 e. The quantitative estimate of drug-likeness (QED) is 0.0153. The fourth-order valence-corrected chi connectivity index (χ4v) is 20.7. The zero-order valence-electron chi connectivity index (χ0n) is 83.4. The predicted molar refractivity (Wildman–Crippen MR) is 512 cm³/mol. The monoisotopic (exact) mass is 2140 g/mol. The number of nitrogens with two attached hydrogens (primary N) is 16. The van der Waals surface area contributed by atoms with Crippen molar-refractivity contribution in [1.82, 2.24) is 21.0 Å². The Kier molecular flexibility index (Phi) is 53.1. The number of hydrogen-bond acceptors (Lipinski definition) is 57. The Balaban J connectivity index is 0.000000226. The lowest BCUT2D eigenvalue weighted by molar-refractivity contribution is -0.292. The topological polar surface area (TPSA) is 1020 Å². The van der Waals surface area contributed by atoms with E-state index in [0.717, 1.165) is 38.8 Å². The van der Waals surface area contributed by atoms with E-state index in [1.807, 2.05) is 0 Å². The van der Waals surface area contributed by atoms with Gasteiger partial charge in [0, 0.05) is 77.0 Å². The molecule has 58 nitrogen and oxygen atoms in total. The van der Waals surface area contributed by atoms with Gasteiger partial charge in [-0.3, -0.25) is 10.0 Å². The first-order chi connectivity index (χ1) is 70.3. The van der Waals surface area contributed by atoms with Gasteiger partial charge in [-0.25, -0.2) is 5.06 Å². The van der Waals surface area contributed by atoms with Crippen LogP contribution in [0.3, 0.4) is 0 Å². The molecule has 862 valence electrons. The lowest BCUT2D eigenvalue weighted by Gasteiger charge is -2.47. The van der Waals surface area contributed by atoms with Gasteiger partial charge in [0.25, 0.3) is 0 Å². The van der Waals surface area contributed by atoms with Crippen LogP contribution in [-0.2, 0) is 90.1 Å². The van der Waals surface area contributed by atoms with Gasteiger partial charge in [0.15, 0.2) is 56.6 Å². The van der Waals surface area contributed by atoms with E-state index < -0.39 is 326 Å². The second-order valence-corrected chi connectivity index (χ2v) is 40.4. The molecule has 147 heavy (non-hydrogen) atoms. The number of hydroxylamine groups is 2. The molecule has 54 N–H and O–H groups in total. The van der Waals surface area contributed by atoms with Gasteiger partial charge in [-0.05, 0) is 160 Å². The average molecular weight is 2140 g/mol. The van der Waals surface area contributed by atoms with E-state index in [0.29, 0.717) is 109 Å². The van der Waals surface area contributed by atoms with Crippen LogP contribution >= 0.6 is 0 Å². The minimum absolute atomic E-state index is 0.0111. The molecule has 12 fully saturated rings. The fraction of sp³-hybridized carbons (Fsp3) is 0.989. The summed E-state index contributed by atoms with van der Waals surface area (Å²) in [5.41, 5.74) is 96.5. The van der Waals surface area contributed by atoms with Crippen molar-refractivity contribution < 1.29 is 187 Å². The Hall–Kier alpha value is -2.77. The number of aliphatic hydroxyl groups excluding tert-OH is 18. The summed E-state index contributed by atoms with van der Waals surface area (Å²) in [4.78, 5) is 12.8. The molecule has 0 radical (unpaired) electrons. The number of carbonyl (C=O) groups is 1. The highest BCUT2D eigenvalue weighted by molar-refractivity contribution is 5.75. The van der Waals surface area contributed by atoms with E-state index >= 15 is 0 Å². The zero-order valence-corrected chi connectivity index (χ0v) is 83.4. The molecule has 0 aromatic rings. The minimum Gasteiger partial charge on any atom is -0.396 e. The number of amides is 1. The minimum atomic E-state index is -1.63. The van der Waals surface area contributed by atoms with Gasteiger partial charge in [0.2, 0.25) is 5.91 Å². The van der Waals surface area contributed by atoms with Crippen LogP contribution in [0.25, 0.3) is 0 Å². The van der Waals surface area contributed by atoms with Crippen LogP contribution in [0.15, 0.2) is 0 Å². The Morgan fingerprint density at radius 1 is 0.320 bits per heavy atom. The number of nitrogens with zero attached hydrogens (tertiary/aromatic N) is 1. The number of nitrogens with one attached hydrogen (secondary N) is 3. The van der Waals surface area contributed by atoms with Crippen molar-refractivity contribution in [1.29, 1.82) is 0 Å². The molecule has 3 saturated carbocycles. The van der Waals surface area contributed by atoms with Gasteiger partial charge in [0.05, 0.1) is 112 Å². The molecule has 3 aliphatic carbocycles. The van der Waals surface area contributed by atoms with Crippen LogP contribution in [0, 0.1) is 17.8 Å². The van der Waals surface area contributed by atoms with E-state index in [-0.39, 0.29) is 89.2 Å². The van der Waals surface area contributed by atoms with Gasteiger partial charge >= 0.3 is 0 Å². The van der Waals surface area contributed by atoms with E-state index in [1.54, 1.807) is 0 Å². The third-order valence-electron chi connectivity index (χ3n) is 29.6. The molecule has 1 unspecified atom stereocenters. The smallest absolute Gasteiger partial charge is 0.246 e. The van der Waals surface area contributed by atoms with Gasteiger partial charge < -0.3 is 285 Å². The lowest BCUT2D eigenvalue weighted by Crippen LogP contribution is -2.64. The maximum absolute atomic E-state index is 12.8. The highest BCUT2D eigenvalue weighted by Gasteiger charge is 2.60. The third-order valence-corrected chi connectivity index (χ3v) is 29.6. The summed E-state index contributed by atoms with van der Waals surface area (Å²) in [5.74, 6) is -2.39. The molecule has 9 heterocycles. The van der Waals surface area contributed by atoms with E-state index in [2.05, 4.69) is 16.0 Å². The van der Waals surface area contributed by atoms with Crippen LogP contribution in [0.1, 0.15) is 109 Å². The predicted octanol–water partition coefficient (Wildman–Crippen LogP) is -19.2. The Bertz CT molecular complexity index is 3650. The second-order valence-electron chi connectivity index (χ2n) is 40.4. The summed E-state index contributed by atoms with van der Waals surface area (Å²) in [6, 6.07) is -7.42. The van der Waals surface area contributed by atoms with Crippen molar-refractivity contribution in [2.45, 2.75) is 409 Å². The Morgan fingerprint density at radius 3 is 0.905 bits per heavy atom. The number of carbonyl (C=O) groups excluding carboxylic acids is 1. The van der Waals surface area contributed by atoms with Crippen LogP contribution in [0.5, 0.6) is 0 Å². The number of aliphatic hydroxyl groups is 18. The van der Waals surface area contributed by atoms with Crippen molar-refractivity contribution in [2.24, 2.45) is 109 Å². The van der Waals surface area contributed by atoms with Crippen LogP contribution in [0.4, 0.5) is 0 Å². The Morgan fingerprint density at radius 2 is 0.612 bits per heavy atom. The molecular formula is C89H178N20O38. The summed E-state index contributed by atoms with van der Waals surface area (Å²) >= 11 is 0. The average Bonchev–Trinajstić information content (AvgIpc) is 1.72. The summed E-state index contributed by atoms with van der Waals surface area (Å²) in [7, 11) is 0. The first-order valence-corrected chi connectivity index (χ1v) is 51.8. The molecule has 58 heteroatoms. The molecule has 9 aliphatic heterocycles. The van der Waals surface area contributed by atoms with Crippen molar-refractivity contribution in [3.63, 3.8) is 0 Å². The number of ether oxygens (including phenoxy) is 18. The van der Waals surface area contributed by atoms with E-state index in [4.69, 9.17) is 177 Å². The van der Waals surface area contributed by atoms with Gasteiger partial charge in [-0.2, -0.15) is 0 Å². The summed E-state index contributed by atoms with van der Waals surface area (Å²) in [6.07, 6.45) is -38.7. The molecule has 12 rings (SSSR count). The fourth-order valence-electron chi connectivity index (χ4n) is 20.7. The maximum Gasteiger partial charge on any atom is 0.246 e. The van der Waals surface area contributed by atoms with Gasteiger partial charge in [0.1, 0.15) is 146 Å². The molecule has 52 atom stereocenters. The van der Waals surface area contributed by atoms with Gasteiger partial charge in [-0.15, -0.1) is 0 Å². The number of rotatable bonds is 50. The van der Waals surface area contributed by atoms with Crippen LogP contribution < -0.4 is 108 Å². The van der Waals surface area contributed by atoms with Crippen molar-refractivity contribution in [3.8, 4) is 0 Å². The van der Waals surface area contributed by atoms with Crippen molar-refractivity contribution in [3.05, 3.63) is 0 Å². The Labute approximate surface area is 854 Å². The summed E-state index contributed by atoms with van der Waals surface area (Å²) in [6.45, 7) is 2.59. The van der Waals surface area contributed by atoms with Crippen molar-refractivity contribution >= 4 is 5.91 Å². The molecule has 0 aromatic heterocycles. The highest BCUT2D eigenvalue weighted by Crippen LogP contribution is 2.44. The zero-order chi connectivity index (χ0) is 107. The maximum atomic E-state index is 12.8. The molecular weight excluding hydrogens is 1960 g/mol. The normalized spacial score (nSPS) is 44.9. The third kappa shape index (κ3) is 33.5. The standard InChI is InChI=1S/C30H60N8O13.C30H60N6O13.C29H58N6O12/c31-4-1-6-37-11-14-2-3-15(34)28(46-14)49-25-16(35)8-13(9-19(40)38(45)7-5-32)21(41)27(25)51-30-24(44)26(18(12-39)48-30)50-29-20(36)23(43)22(42)17(10-33)47-29;31-6-1-7-36-10-15-4-5-16(33)28(44-15)47-25-17(34)8-13(2-3-14(39)11-37)21(40)27(25)49-30-24(43)26(19(12-38)46-30)48-29-20(35)23(42)22(41)18(9-32)45-29;30-6-2-7-35-11-14-4-5-15(32)27(42-14)45-24-16(33)9-13(3-1-8-36)20(38)26(24)47-29-23(41)25(18(12-37)44-29)46-28-19(34)22(40)21(39)17(10-31)43-28/h13-18,20-30,37,39,41-45H,1-12,31-36H2;13-30,36-43H,1-12,31-35H2;13-29,35-41H,1-12,30-34H2/t13-,14-,15+,16-,17-,18+,20+,21-,22+,23+,24+,25+,26+,27+,28+,29+,30-;13-,14?,15+,16-,17+,18+,19-,20-,21+,22-,23-,24-,25-,26-,27-,28-,29-,30+;13-,14+,15-,16+,17+,18-,19-,20+,21-,22-,23-,24-,25-,26-,27-,28-,29+/m011/s1. The SMILES string of the molecule is NCCCNC[C@@H]1CC[C@@H](N)[C@@H](O[C@H]2[C@H](O[C@@H]3O[C@H](CO)[C@@H](O[C@H]4O[C@@H](CN)[C@@H](O)[C@H](O)[C@H]4N)[C@H]3O)[C@@H](O)[C@H](CC(=O)N(O)CCN)C[C@@H]2N)O1.NCCCNC[C@@H]1CC[C@@H](N)[C@@H](O[C@H]2[C@H](O[C@@H]3O[C@H](CO)[C@@H](O[C@H]4O[C@@H](CN)[C@@H](O)[C@H](O)[C@H]4N)[C@H]3O)[C@@H](O)[C@H](CCC(O)CO)C[C@@H]2N)O1.NCCCNC[C@@H]1CC[C@@H](N)[C@@H](O[C@H]2[C@H](O[C@@H]3O[C@H](CO)[C@@H](O[C@H]4O[C@@H](CN)[C@@H](O)[C@H](O)[C@H]4N)[C@H]3O)[C@@H](O)[C@H](CCCO)C[C@@H]2N)O1. The molecule has 1 amide bonds. The second kappa shape index (κ2) is 62.0. The molecule has 0 bridgehead atoms. The van der Waals surface area contributed by atoms with Crippen molar-refractivity contribution in [2.75, 3.05) is 125 Å². The summed E-state index contributed by atoms with van der Waals surface area (Å²) in [5, 5.41) is 210. The first-order valence-electron chi connectivity index (χ1n) is 51.8. The van der Waals surface area contributed by atoms with Crippen LogP contribution in [0.2, 0.25) is 0 Å².